The first-order valence-corrected chi connectivity index (χ1v) is 8.05. The van der Waals surface area contributed by atoms with E-state index in [0.29, 0.717) is 6.61 Å². The zero-order valence-electron chi connectivity index (χ0n) is 10.5. The lowest BCUT2D eigenvalue weighted by molar-refractivity contribution is -0.137. The lowest BCUT2D eigenvalue weighted by atomic mass is 10.2. The molecular formula is C11H13BrF3NO3S. The molecule has 1 aromatic carbocycles. The third kappa shape index (κ3) is 5.29. The minimum atomic E-state index is -4.54. The van der Waals surface area contributed by atoms with Gasteiger partial charge >= 0.3 is 6.18 Å². The Balaban J connectivity index is 2.91. The van der Waals surface area contributed by atoms with E-state index in [1.807, 2.05) is 0 Å². The van der Waals surface area contributed by atoms with E-state index in [1.165, 1.54) is 0 Å². The molecule has 20 heavy (non-hydrogen) atoms. The second-order valence-electron chi connectivity index (χ2n) is 3.81. The first-order chi connectivity index (χ1) is 9.15. The summed E-state index contributed by atoms with van der Waals surface area (Å²) in [6.45, 7) is 2.05. The van der Waals surface area contributed by atoms with Gasteiger partial charge in [0.2, 0.25) is 10.0 Å². The number of ether oxygens (including phenoxy) is 1. The molecule has 0 aliphatic carbocycles. The van der Waals surface area contributed by atoms with Crippen molar-refractivity contribution in [1.29, 1.82) is 0 Å². The van der Waals surface area contributed by atoms with Gasteiger partial charge in [-0.1, -0.05) is 0 Å². The molecule has 0 amide bonds. The Morgan fingerprint density at radius 3 is 2.55 bits per heavy atom. The average Bonchev–Trinajstić information content (AvgIpc) is 2.30. The topological polar surface area (TPSA) is 55.4 Å². The van der Waals surface area contributed by atoms with E-state index < -0.39 is 21.8 Å². The Hall–Kier alpha value is -0.800. The van der Waals surface area contributed by atoms with Gasteiger partial charge < -0.3 is 4.74 Å². The van der Waals surface area contributed by atoms with Crippen LogP contribution >= 0.6 is 15.9 Å². The Kier molecular flexibility index (Phi) is 5.84. The molecule has 0 aliphatic rings. The largest absolute Gasteiger partial charge is 0.416 e. The highest BCUT2D eigenvalue weighted by Gasteiger charge is 2.31. The normalized spacial score (nSPS) is 12.4. The third-order valence-corrected chi connectivity index (χ3v) is 4.19. The number of alkyl halides is 3. The summed E-state index contributed by atoms with van der Waals surface area (Å²) in [4.78, 5) is 0. The van der Waals surface area contributed by atoms with Crippen molar-refractivity contribution < 1.29 is 26.3 Å². The smallest absolute Gasteiger partial charge is 0.381 e. The Labute approximate surface area is 123 Å². The van der Waals surface area contributed by atoms with Crippen LogP contribution in [0.2, 0.25) is 0 Å². The maximum atomic E-state index is 12.6. The molecule has 0 bridgehead atoms. The monoisotopic (exact) mass is 375 g/mol. The zero-order chi connectivity index (χ0) is 15.4. The van der Waals surface area contributed by atoms with E-state index in [-0.39, 0.29) is 22.5 Å². The summed E-state index contributed by atoms with van der Waals surface area (Å²) in [7, 11) is -3.76. The lowest BCUT2D eigenvalue weighted by Gasteiger charge is -2.13. The molecule has 114 valence electrons. The van der Waals surface area contributed by atoms with Crippen LogP contribution in [0.5, 0.6) is 0 Å². The molecule has 0 fully saturated rings. The van der Waals surface area contributed by atoms with Crippen LogP contribution in [0.4, 0.5) is 18.9 Å². The van der Waals surface area contributed by atoms with Crippen LogP contribution in [-0.2, 0) is 20.9 Å². The van der Waals surface area contributed by atoms with Gasteiger partial charge in [0.1, 0.15) is 0 Å². The molecule has 1 aromatic rings. The first-order valence-electron chi connectivity index (χ1n) is 5.60. The van der Waals surface area contributed by atoms with E-state index in [0.717, 1.165) is 18.2 Å². The van der Waals surface area contributed by atoms with Gasteiger partial charge in [0.15, 0.2) is 0 Å². The Morgan fingerprint density at radius 1 is 1.35 bits per heavy atom. The molecule has 0 aliphatic heterocycles. The fourth-order valence-electron chi connectivity index (χ4n) is 1.31. The molecule has 0 spiro atoms. The van der Waals surface area contributed by atoms with Crippen molar-refractivity contribution in [3.63, 3.8) is 0 Å². The number of halogens is 4. The molecular weight excluding hydrogens is 363 g/mol. The standard InChI is InChI=1S/C11H13BrF3NO3S/c1-2-19-5-6-20(17,18)16-10-7-8(11(13,14)15)3-4-9(10)12/h3-4,7,16H,2,5-6H2,1H3. The van der Waals surface area contributed by atoms with Gasteiger partial charge in [-0.05, 0) is 41.1 Å². The van der Waals surface area contributed by atoms with Crippen LogP contribution in [-0.4, -0.2) is 27.4 Å². The van der Waals surface area contributed by atoms with E-state index in [2.05, 4.69) is 20.7 Å². The van der Waals surface area contributed by atoms with Gasteiger partial charge in [-0.25, -0.2) is 8.42 Å². The van der Waals surface area contributed by atoms with E-state index >= 15 is 0 Å². The van der Waals surface area contributed by atoms with Crippen molar-refractivity contribution in [2.24, 2.45) is 0 Å². The SMILES string of the molecule is CCOCCS(=O)(=O)Nc1cc(C(F)(F)F)ccc1Br. The number of rotatable bonds is 6. The van der Waals surface area contributed by atoms with Crippen LogP contribution in [0.15, 0.2) is 22.7 Å². The fourth-order valence-corrected chi connectivity index (χ4v) is 2.73. The van der Waals surface area contributed by atoms with Gasteiger partial charge in [0.25, 0.3) is 0 Å². The predicted molar refractivity (Wildman–Crippen MR) is 73.0 cm³/mol. The fraction of sp³-hybridized carbons (Fsp3) is 0.455. The second kappa shape index (κ2) is 6.77. The highest BCUT2D eigenvalue weighted by molar-refractivity contribution is 9.10. The third-order valence-electron chi connectivity index (χ3n) is 2.26. The van der Waals surface area contributed by atoms with Crippen LogP contribution in [0.3, 0.4) is 0 Å². The van der Waals surface area contributed by atoms with E-state index in [9.17, 15) is 21.6 Å². The molecule has 0 saturated carbocycles. The van der Waals surface area contributed by atoms with Crippen molar-refractivity contribution >= 4 is 31.6 Å². The number of benzene rings is 1. The van der Waals surface area contributed by atoms with E-state index in [1.54, 1.807) is 6.92 Å². The van der Waals surface area contributed by atoms with Gasteiger partial charge in [-0.2, -0.15) is 13.2 Å². The molecule has 0 atom stereocenters. The molecule has 1 rings (SSSR count). The number of anilines is 1. The molecule has 9 heteroatoms. The number of hydrogen-bond acceptors (Lipinski definition) is 3. The lowest BCUT2D eigenvalue weighted by Crippen LogP contribution is -2.20. The number of sulfonamides is 1. The maximum Gasteiger partial charge on any atom is 0.416 e. The van der Waals surface area contributed by atoms with Crippen LogP contribution in [0.25, 0.3) is 0 Å². The maximum absolute atomic E-state index is 12.6. The minimum Gasteiger partial charge on any atom is -0.381 e. The van der Waals surface area contributed by atoms with Gasteiger partial charge in [0, 0.05) is 11.1 Å². The van der Waals surface area contributed by atoms with Crippen molar-refractivity contribution in [3.8, 4) is 0 Å². The minimum absolute atomic E-state index is 0.0254. The van der Waals surface area contributed by atoms with Crippen molar-refractivity contribution in [1.82, 2.24) is 0 Å². The van der Waals surface area contributed by atoms with Crippen molar-refractivity contribution in [3.05, 3.63) is 28.2 Å². The molecule has 0 saturated heterocycles. The highest BCUT2D eigenvalue weighted by Crippen LogP contribution is 2.34. The number of nitrogens with one attached hydrogen (secondary N) is 1. The second-order valence-corrected chi connectivity index (χ2v) is 6.51. The summed E-state index contributed by atoms with van der Waals surface area (Å²) in [6.07, 6.45) is -4.54. The summed E-state index contributed by atoms with van der Waals surface area (Å²) in [5.41, 5.74) is -1.08. The van der Waals surface area contributed by atoms with Gasteiger partial charge in [-0.3, -0.25) is 4.72 Å². The summed E-state index contributed by atoms with van der Waals surface area (Å²) in [5.74, 6) is -0.330. The molecule has 0 unspecified atom stereocenters. The van der Waals surface area contributed by atoms with Crippen molar-refractivity contribution in [2.45, 2.75) is 13.1 Å². The van der Waals surface area contributed by atoms with Crippen LogP contribution < -0.4 is 4.72 Å². The quantitative estimate of drug-likeness (QED) is 0.776. The summed E-state index contributed by atoms with van der Waals surface area (Å²) in [5, 5.41) is 0. The summed E-state index contributed by atoms with van der Waals surface area (Å²) >= 11 is 3.01. The summed E-state index contributed by atoms with van der Waals surface area (Å²) < 4.78 is 68.3. The zero-order valence-corrected chi connectivity index (χ0v) is 12.9. The predicted octanol–water partition coefficient (Wildman–Crippen LogP) is 3.25. The molecule has 4 nitrogen and oxygen atoms in total. The van der Waals surface area contributed by atoms with Gasteiger partial charge in [0.05, 0.1) is 23.6 Å². The molecule has 1 N–H and O–H groups in total. The molecule has 0 aromatic heterocycles. The summed E-state index contributed by atoms with van der Waals surface area (Å²) in [6, 6.07) is 2.74. The Bertz CT molecular complexity index is 561. The number of hydrogen-bond donors (Lipinski definition) is 1. The van der Waals surface area contributed by atoms with Crippen molar-refractivity contribution in [2.75, 3.05) is 23.7 Å². The van der Waals surface area contributed by atoms with Gasteiger partial charge in [-0.15, -0.1) is 0 Å². The van der Waals surface area contributed by atoms with Crippen LogP contribution in [0.1, 0.15) is 12.5 Å². The average molecular weight is 376 g/mol. The highest BCUT2D eigenvalue weighted by atomic mass is 79.9. The molecule has 0 radical (unpaired) electrons. The molecule has 0 heterocycles. The van der Waals surface area contributed by atoms with E-state index in [4.69, 9.17) is 4.74 Å². The van der Waals surface area contributed by atoms with Crippen LogP contribution in [0, 0.1) is 0 Å². The first kappa shape index (κ1) is 17.3. The Morgan fingerprint density at radius 2 is 2.00 bits per heavy atom.